The second kappa shape index (κ2) is 11.5. The number of nitrogens with one attached hydrogen (secondary N) is 2. The summed E-state index contributed by atoms with van der Waals surface area (Å²) in [7, 11) is 0. The third-order valence-corrected chi connectivity index (χ3v) is 7.19. The predicted molar refractivity (Wildman–Crippen MR) is 141 cm³/mol. The molecular formula is C29H25F7N4O2. The van der Waals surface area contributed by atoms with Gasteiger partial charge in [0, 0.05) is 41.7 Å². The quantitative estimate of drug-likeness (QED) is 0.228. The third-order valence-electron chi connectivity index (χ3n) is 7.19. The molecule has 0 fully saturated rings. The van der Waals surface area contributed by atoms with Gasteiger partial charge in [-0.25, -0.2) is 17.6 Å². The molecule has 5 rings (SSSR count). The number of allylic oxidation sites excluding steroid dienone is 3. The van der Waals surface area contributed by atoms with Gasteiger partial charge in [0.05, 0.1) is 34.9 Å². The van der Waals surface area contributed by atoms with Crippen LogP contribution in [-0.4, -0.2) is 41.8 Å². The molecule has 1 aliphatic heterocycles. The molecule has 42 heavy (non-hydrogen) atoms. The number of rotatable bonds is 7. The molecule has 0 saturated heterocycles. The van der Waals surface area contributed by atoms with Crippen molar-refractivity contribution in [2.45, 2.75) is 32.4 Å². The topological polar surface area (TPSA) is 66.5 Å². The van der Waals surface area contributed by atoms with E-state index in [0.29, 0.717) is 30.0 Å². The Morgan fingerprint density at radius 1 is 1.14 bits per heavy atom. The van der Waals surface area contributed by atoms with Gasteiger partial charge in [0.15, 0.2) is 11.6 Å². The molecule has 2 N–H and O–H groups in total. The first kappa shape index (κ1) is 29.2. The number of pyridine rings is 1. The molecule has 1 amide bonds. The Bertz CT molecular complexity index is 1600. The largest absolute Gasteiger partial charge is 0.494 e. The van der Waals surface area contributed by atoms with Gasteiger partial charge in [-0.3, -0.25) is 20.2 Å². The number of hydrazine groups is 1. The highest BCUT2D eigenvalue weighted by molar-refractivity contribution is 6.09. The maximum atomic E-state index is 15.1. The van der Waals surface area contributed by atoms with Gasteiger partial charge in [-0.1, -0.05) is 13.0 Å². The Hall–Kier alpha value is -4.29. The Kier molecular flexibility index (Phi) is 8.02. The van der Waals surface area contributed by atoms with Crippen LogP contribution in [-0.2, 0) is 4.74 Å². The lowest BCUT2D eigenvalue weighted by atomic mass is 9.97. The Morgan fingerprint density at radius 2 is 1.93 bits per heavy atom. The van der Waals surface area contributed by atoms with Crippen LogP contribution in [0.1, 0.15) is 36.5 Å². The predicted octanol–water partition coefficient (Wildman–Crippen LogP) is 7.00. The Labute approximate surface area is 235 Å². The number of anilines is 1. The van der Waals surface area contributed by atoms with Crippen molar-refractivity contribution in [3.05, 3.63) is 82.9 Å². The van der Waals surface area contributed by atoms with Gasteiger partial charge >= 0.3 is 6.18 Å². The smallest absolute Gasteiger partial charge is 0.393 e. The molecule has 2 heterocycles. The molecule has 6 nitrogen and oxygen atoms in total. The fourth-order valence-electron chi connectivity index (χ4n) is 5.01. The Balaban J connectivity index is 1.63. The summed E-state index contributed by atoms with van der Waals surface area (Å²) in [5.74, 6) is -7.23. The summed E-state index contributed by atoms with van der Waals surface area (Å²) in [5, 5.41) is 4.17. The van der Waals surface area contributed by atoms with E-state index in [1.165, 1.54) is 6.92 Å². The van der Waals surface area contributed by atoms with Crippen molar-refractivity contribution in [3.8, 4) is 11.1 Å². The van der Waals surface area contributed by atoms with Crippen LogP contribution < -0.4 is 10.7 Å². The molecule has 0 saturated carbocycles. The molecule has 0 radical (unpaired) electrons. The second-order valence-electron chi connectivity index (χ2n) is 9.83. The number of carbonyl (C=O) groups is 1. The van der Waals surface area contributed by atoms with Crippen LogP contribution in [0.15, 0.2) is 54.1 Å². The van der Waals surface area contributed by atoms with Crippen molar-refractivity contribution < 1.29 is 40.3 Å². The van der Waals surface area contributed by atoms with Crippen molar-refractivity contribution in [1.29, 1.82) is 0 Å². The van der Waals surface area contributed by atoms with Crippen LogP contribution >= 0.6 is 0 Å². The second-order valence-corrected chi connectivity index (χ2v) is 9.83. The average molecular weight is 595 g/mol. The fourth-order valence-corrected chi connectivity index (χ4v) is 5.01. The van der Waals surface area contributed by atoms with Gasteiger partial charge in [0.1, 0.15) is 24.0 Å². The van der Waals surface area contributed by atoms with E-state index < -0.39 is 58.9 Å². The molecule has 0 spiro atoms. The van der Waals surface area contributed by atoms with E-state index in [9.17, 15) is 31.1 Å². The number of halogens is 7. The van der Waals surface area contributed by atoms with E-state index in [-0.39, 0.29) is 41.7 Å². The highest BCUT2D eigenvalue weighted by atomic mass is 19.4. The SMILES string of the molecule is CCC(CNc1c(C(=O)NN2CCOC3=C2C=CCC3)cnc2c(-c3cc(F)cc(F)c3F)c(F)ccc12)C(F)(F)F. The lowest BCUT2D eigenvalue weighted by molar-refractivity contribution is -0.171. The molecule has 3 aromatic rings. The number of hydrogen-bond donors (Lipinski definition) is 2. The first-order valence-corrected chi connectivity index (χ1v) is 13.2. The van der Waals surface area contributed by atoms with E-state index >= 15 is 4.39 Å². The number of amides is 1. The van der Waals surface area contributed by atoms with Crippen molar-refractivity contribution in [2.75, 3.05) is 25.0 Å². The summed E-state index contributed by atoms with van der Waals surface area (Å²) in [4.78, 5) is 17.7. The van der Waals surface area contributed by atoms with Crippen LogP contribution in [0.3, 0.4) is 0 Å². The van der Waals surface area contributed by atoms with Crippen LogP contribution in [0, 0.1) is 29.2 Å². The van der Waals surface area contributed by atoms with Gasteiger partial charge in [-0.05, 0) is 37.1 Å². The van der Waals surface area contributed by atoms with Crippen LogP contribution in [0.2, 0.25) is 0 Å². The molecule has 1 atom stereocenters. The van der Waals surface area contributed by atoms with Crippen molar-refractivity contribution >= 4 is 22.5 Å². The number of fused-ring (bicyclic) bond motifs is 1. The monoisotopic (exact) mass is 594 g/mol. The third kappa shape index (κ3) is 5.59. The van der Waals surface area contributed by atoms with Gasteiger partial charge in [0.25, 0.3) is 5.91 Å². The first-order valence-electron chi connectivity index (χ1n) is 13.2. The minimum atomic E-state index is -4.56. The fraction of sp³-hybridized carbons (Fsp3) is 0.310. The number of hydrogen-bond acceptors (Lipinski definition) is 5. The van der Waals surface area contributed by atoms with Crippen molar-refractivity contribution in [1.82, 2.24) is 15.4 Å². The highest BCUT2D eigenvalue weighted by Crippen LogP contribution is 2.38. The average Bonchev–Trinajstić information content (AvgIpc) is 2.94. The summed E-state index contributed by atoms with van der Waals surface area (Å²) in [6.45, 7) is 1.28. The molecule has 222 valence electrons. The number of nitrogens with zero attached hydrogens (tertiary/aromatic N) is 2. The Morgan fingerprint density at radius 3 is 2.67 bits per heavy atom. The van der Waals surface area contributed by atoms with E-state index in [1.807, 2.05) is 6.08 Å². The minimum Gasteiger partial charge on any atom is -0.494 e. The number of carbonyl (C=O) groups excluding carboxylic acids is 1. The maximum absolute atomic E-state index is 15.1. The number of ether oxygens (including phenoxy) is 1. The van der Waals surface area contributed by atoms with Crippen molar-refractivity contribution in [2.24, 2.45) is 5.92 Å². The molecule has 1 aliphatic carbocycles. The minimum absolute atomic E-state index is 0.0559. The zero-order valence-corrected chi connectivity index (χ0v) is 22.2. The van der Waals surface area contributed by atoms with Gasteiger partial charge in [-0.2, -0.15) is 13.2 Å². The van der Waals surface area contributed by atoms with E-state index in [0.717, 1.165) is 24.8 Å². The van der Waals surface area contributed by atoms with Gasteiger partial charge in [0.2, 0.25) is 0 Å². The summed E-state index contributed by atoms with van der Waals surface area (Å²) in [5.41, 5.74) is 1.32. The zero-order valence-electron chi connectivity index (χ0n) is 22.2. The van der Waals surface area contributed by atoms with E-state index in [1.54, 1.807) is 11.1 Å². The number of benzene rings is 2. The van der Waals surface area contributed by atoms with Gasteiger partial charge < -0.3 is 10.1 Å². The molecular weight excluding hydrogens is 569 g/mol. The highest BCUT2D eigenvalue weighted by Gasteiger charge is 2.38. The summed E-state index contributed by atoms with van der Waals surface area (Å²) in [6.07, 6.45) is 1.25. The normalized spacial score (nSPS) is 15.9. The standard InChI is InChI=1S/C29H25F7N4O2/c1-2-15(29(34,35)36)13-37-26-17-7-8-20(31)24(18-11-16(30)12-21(32)25(18)33)27(17)38-14-19(26)28(41)39-40-9-10-42-23-6-4-3-5-22(23)40/h3,5,7-8,11-12,14-15H,2,4,6,9-10,13H2,1H3,(H,37,38)(H,39,41). The molecule has 13 heteroatoms. The van der Waals surface area contributed by atoms with Crippen LogP contribution in [0.5, 0.6) is 0 Å². The van der Waals surface area contributed by atoms with Crippen molar-refractivity contribution in [3.63, 3.8) is 0 Å². The molecule has 1 unspecified atom stereocenters. The van der Waals surface area contributed by atoms with E-state index in [2.05, 4.69) is 15.7 Å². The van der Waals surface area contributed by atoms with Gasteiger partial charge in [-0.15, -0.1) is 0 Å². The maximum Gasteiger partial charge on any atom is 0.393 e. The zero-order chi connectivity index (χ0) is 30.2. The number of aromatic nitrogens is 1. The van der Waals surface area contributed by atoms with Crippen LogP contribution in [0.25, 0.3) is 22.0 Å². The van der Waals surface area contributed by atoms with E-state index in [4.69, 9.17) is 4.74 Å². The molecule has 2 aromatic carbocycles. The molecule has 0 bridgehead atoms. The molecule has 1 aromatic heterocycles. The lowest BCUT2D eigenvalue weighted by Crippen LogP contribution is -2.46. The first-order chi connectivity index (χ1) is 20.0. The summed E-state index contributed by atoms with van der Waals surface area (Å²) in [6, 6.07) is 2.90. The summed E-state index contributed by atoms with van der Waals surface area (Å²) >= 11 is 0. The number of alkyl halides is 3. The molecule has 2 aliphatic rings. The lowest BCUT2D eigenvalue weighted by Gasteiger charge is -2.34. The summed E-state index contributed by atoms with van der Waals surface area (Å²) < 4.78 is 104. The van der Waals surface area contributed by atoms with Crippen LogP contribution in [0.4, 0.5) is 36.4 Å².